The molecule has 2 aromatic carbocycles. The first-order valence-electron chi connectivity index (χ1n) is 6.86. The molecule has 0 heterocycles. The summed E-state index contributed by atoms with van der Waals surface area (Å²) in [6.45, 7) is 0. The summed E-state index contributed by atoms with van der Waals surface area (Å²) in [4.78, 5) is -1.95. The molecular weight excluding hydrogens is 349 g/mol. The Balaban J connectivity index is 2.13. The van der Waals surface area contributed by atoms with Crippen LogP contribution in [0.2, 0.25) is 0 Å². The third kappa shape index (κ3) is 4.69. The third-order valence-electron chi connectivity index (χ3n) is 3.45. The number of halogens is 5. The molecule has 0 radical (unpaired) electrons. The fraction of sp³-hybridized carbons (Fsp3) is 0.188. The van der Waals surface area contributed by atoms with E-state index in [-0.39, 0.29) is 12.8 Å². The predicted octanol–water partition coefficient (Wildman–Crippen LogP) is 5.69. The quantitative estimate of drug-likeness (QED) is 0.694. The van der Waals surface area contributed by atoms with Gasteiger partial charge >= 0.3 is 10.2 Å². The molecule has 0 spiro atoms. The standard InChI is InChI=1S/C16H14F5NOS/c17-24(18,19,20,21)15-7-3-13(4-8-15)11-16(23)14-5-1-12(2-6-14)9-10-22/h1-8,16,23H,9,11H2/t16-/m0/s1. The van der Waals surface area contributed by atoms with Crippen molar-refractivity contribution in [3.63, 3.8) is 0 Å². The van der Waals surface area contributed by atoms with Gasteiger partial charge in [-0.1, -0.05) is 55.8 Å². The summed E-state index contributed by atoms with van der Waals surface area (Å²) in [6.07, 6.45) is -0.781. The van der Waals surface area contributed by atoms with Crippen LogP contribution in [0.3, 0.4) is 0 Å². The van der Waals surface area contributed by atoms with E-state index in [2.05, 4.69) is 0 Å². The van der Waals surface area contributed by atoms with Crippen LogP contribution in [0.4, 0.5) is 19.4 Å². The molecule has 0 saturated carbocycles. The molecule has 0 amide bonds. The van der Waals surface area contributed by atoms with E-state index >= 15 is 0 Å². The first-order chi connectivity index (χ1) is 10.9. The van der Waals surface area contributed by atoms with Gasteiger partial charge in [0.2, 0.25) is 0 Å². The second-order valence-corrected chi connectivity index (χ2v) is 7.82. The summed E-state index contributed by atoms with van der Waals surface area (Å²) in [5.41, 5.74) is 1.59. The number of benzene rings is 2. The van der Waals surface area contributed by atoms with Gasteiger partial charge in [-0.25, -0.2) is 0 Å². The first kappa shape index (κ1) is 18.2. The van der Waals surface area contributed by atoms with Crippen LogP contribution in [0.5, 0.6) is 0 Å². The van der Waals surface area contributed by atoms with Gasteiger partial charge in [0.05, 0.1) is 18.6 Å². The van der Waals surface area contributed by atoms with Gasteiger partial charge in [0.1, 0.15) is 4.90 Å². The molecule has 1 N–H and O–H groups in total. The number of aliphatic hydroxyl groups excluding tert-OH is 1. The SMILES string of the molecule is N#CCc1ccc([C@@H](O)Cc2ccc(S(F)(F)(F)(F)F)cc2)cc1. The van der Waals surface area contributed by atoms with E-state index in [0.29, 0.717) is 23.3 Å². The maximum atomic E-state index is 12.6. The van der Waals surface area contributed by atoms with Crippen molar-refractivity contribution in [2.24, 2.45) is 0 Å². The molecule has 0 aromatic heterocycles. The second kappa shape index (κ2) is 5.46. The maximum absolute atomic E-state index is 12.6. The number of rotatable bonds is 5. The highest BCUT2D eigenvalue weighted by Crippen LogP contribution is 3.02. The van der Waals surface area contributed by atoms with Gasteiger partial charge in [0.15, 0.2) is 0 Å². The molecule has 0 aliphatic rings. The van der Waals surface area contributed by atoms with Crippen molar-refractivity contribution >= 4 is 10.2 Å². The Bertz CT molecular complexity index is 764. The lowest BCUT2D eigenvalue weighted by Crippen LogP contribution is -2.06. The molecule has 0 fully saturated rings. The lowest BCUT2D eigenvalue weighted by atomic mass is 10.00. The van der Waals surface area contributed by atoms with Crippen LogP contribution in [0.25, 0.3) is 0 Å². The zero-order chi connectivity index (χ0) is 18.1. The molecule has 2 aromatic rings. The number of hydrogen-bond donors (Lipinski definition) is 1. The van der Waals surface area contributed by atoms with E-state index in [1.165, 1.54) is 0 Å². The molecule has 2 rings (SSSR count). The van der Waals surface area contributed by atoms with Crippen molar-refractivity contribution < 1.29 is 24.5 Å². The number of nitrogens with zero attached hydrogens (tertiary/aromatic N) is 1. The van der Waals surface area contributed by atoms with Crippen LogP contribution in [-0.4, -0.2) is 5.11 Å². The van der Waals surface area contributed by atoms with E-state index < -0.39 is 21.2 Å². The van der Waals surface area contributed by atoms with Crippen LogP contribution in [0.1, 0.15) is 22.8 Å². The Morgan fingerprint density at radius 3 is 1.83 bits per heavy atom. The molecule has 8 heteroatoms. The van der Waals surface area contributed by atoms with Crippen molar-refractivity contribution in [1.82, 2.24) is 0 Å². The average Bonchev–Trinajstić information content (AvgIpc) is 2.46. The molecule has 0 bridgehead atoms. The second-order valence-electron chi connectivity index (χ2n) is 5.41. The normalized spacial score (nSPS) is 15.9. The first-order valence-corrected chi connectivity index (χ1v) is 8.81. The summed E-state index contributed by atoms with van der Waals surface area (Å²) < 4.78 is 63.2. The topological polar surface area (TPSA) is 44.0 Å². The highest BCUT2D eigenvalue weighted by molar-refractivity contribution is 8.45. The van der Waals surface area contributed by atoms with E-state index in [4.69, 9.17) is 5.26 Å². The van der Waals surface area contributed by atoms with Gasteiger partial charge in [-0.15, -0.1) is 0 Å². The van der Waals surface area contributed by atoms with Crippen LogP contribution in [0, 0.1) is 11.3 Å². The van der Waals surface area contributed by atoms with Gasteiger partial charge in [0, 0.05) is 6.42 Å². The van der Waals surface area contributed by atoms with Gasteiger partial charge in [-0.2, -0.15) is 5.26 Å². The minimum Gasteiger partial charge on any atom is -0.388 e. The lowest BCUT2D eigenvalue weighted by Gasteiger charge is -2.40. The monoisotopic (exact) mass is 363 g/mol. The fourth-order valence-electron chi connectivity index (χ4n) is 2.17. The van der Waals surface area contributed by atoms with E-state index in [9.17, 15) is 24.5 Å². The van der Waals surface area contributed by atoms with Crippen LogP contribution in [-0.2, 0) is 12.8 Å². The highest BCUT2D eigenvalue weighted by atomic mass is 32.5. The maximum Gasteiger partial charge on any atom is 0.310 e. The Hall–Kier alpha value is -2.11. The Morgan fingerprint density at radius 1 is 0.875 bits per heavy atom. The molecule has 24 heavy (non-hydrogen) atoms. The molecule has 130 valence electrons. The van der Waals surface area contributed by atoms with Crippen LogP contribution >= 0.6 is 10.2 Å². The zero-order valence-electron chi connectivity index (χ0n) is 12.3. The Kier molecular flexibility index (Phi) is 4.15. The molecule has 0 aliphatic heterocycles. The molecule has 0 saturated heterocycles. The summed E-state index contributed by atoms with van der Waals surface area (Å²) in [7, 11) is -9.67. The largest absolute Gasteiger partial charge is 0.388 e. The molecule has 2 nitrogen and oxygen atoms in total. The van der Waals surface area contributed by atoms with Gasteiger partial charge in [-0.05, 0) is 28.8 Å². The molecule has 0 unspecified atom stereocenters. The minimum absolute atomic E-state index is 0.0157. The van der Waals surface area contributed by atoms with Crippen molar-refractivity contribution in [3.8, 4) is 6.07 Å². The lowest BCUT2D eigenvalue weighted by molar-refractivity contribution is 0.178. The molecular formula is C16H14F5NOS. The van der Waals surface area contributed by atoms with E-state index in [1.54, 1.807) is 24.3 Å². The number of hydrogen-bond acceptors (Lipinski definition) is 2. The van der Waals surface area contributed by atoms with Gasteiger partial charge in [0.25, 0.3) is 0 Å². The van der Waals surface area contributed by atoms with E-state index in [1.807, 2.05) is 6.07 Å². The van der Waals surface area contributed by atoms with Crippen molar-refractivity contribution in [1.29, 1.82) is 5.26 Å². The van der Waals surface area contributed by atoms with Crippen LogP contribution in [0.15, 0.2) is 53.4 Å². The highest BCUT2D eigenvalue weighted by Gasteiger charge is 2.65. The summed E-state index contributed by atoms with van der Waals surface area (Å²) >= 11 is 0. The smallest absolute Gasteiger partial charge is 0.310 e. The predicted molar refractivity (Wildman–Crippen MR) is 82.3 cm³/mol. The number of aliphatic hydroxyl groups is 1. The minimum atomic E-state index is -9.67. The van der Waals surface area contributed by atoms with Gasteiger partial charge in [-0.3, -0.25) is 0 Å². The van der Waals surface area contributed by atoms with Gasteiger partial charge < -0.3 is 5.11 Å². The Morgan fingerprint density at radius 2 is 1.38 bits per heavy atom. The summed E-state index contributed by atoms with van der Waals surface area (Å²) in [5.74, 6) is 0. The van der Waals surface area contributed by atoms with Crippen molar-refractivity contribution in [2.45, 2.75) is 23.8 Å². The van der Waals surface area contributed by atoms with Crippen molar-refractivity contribution in [2.75, 3.05) is 0 Å². The summed E-state index contributed by atoms with van der Waals surface area (Å²) in [5, 5.41) is 18.7. The number of nitriles is 1. The van der Waals surface area contributed by atoms with E-state index in [0.717, 1.165) is 17.7 Å². The zero-order valence-corrected chi connectivity index (χ0v) is 13.1. The van der Waals surface area contributed by atoms with Crippen LogP contribution < -0.4 is 0 Å². The molecule has 1 atom stereocenters. The molecule has 0 aliphatic carbocycles. The Labute approximate surface area is 135 Å². The summed E-state index contributed by atoms with van der Waals surface area (Å²) in [6, 6.07) is 11.1. The third-order valence-corrected chi connectivity index (χ3v) is 4.61. The fourth-order valence-corrected chi connectivity index (χ4v) is 2.82. The average molecular weight is 363 g/mol. The van der Waals surface area contributed by atoms with Crippen molar-refractivity contribution in [3.05, 3.63) is 65.2 Å².